The third kappa shape index (κ3) is 4.58. The Labute approximate surface area is 180 Å². The maximum absolute atomic E-state index is 13.6. The lowest BCUT2D eigenvalue weighted by molar-refractivity contribution is -0.159. The average molecular weight is 424 g/mol. The second-order valence-corrected chi connectivity index (χ2v) is 7.04. The minimum Gasteiger partial charge on any atom is -0.467 e. The van der Waals surface area contributed by atoms with Gasteiger partial charge >= 0.3 is 11.9 Å². The number of ether oxygens (including phenoxy) is 2. The Balaban J connectivity index is 2.17. The molecule has 31 heavy (non-hydrogen) atoms. The van der Waals surface area contributed by atoms with Crippen LogP contribution in [-0.4, -0.2) is 60.1 Å². The molecule has 8 heteroatoms. The first-order valence-electron chi connectivity index (χ1n) is 9.92. The number of esters is 2. The molecule has 2 aromatic carbocycles. The van der Waals surface area contributed by atoms with Crippen LogP contribution in [0.2, 0.25) is 0 Å². The van der Waals surface area contributed by atoms with Crippen LogP contribution in [0.3, 0.4) is 0 Å². The number of nitrogens with zero attached hydrogens (tertiary/aromatic N) is 2. The van der Waals surface area contributed by atoms with Crippen molar-refractivity contribution < 1.29 is 28.7 Å². The van der Waals surface area contributed by atoms with Gasteiger partial charge in [-0.05, 0) is 43.5 Å². The fourth-order valence-electron chi connectivity index (χ4n) is 3.66. The third-order valence-electron chi connectivity index (χ3n) is 5.18. The molecular formula is C23H24N2O6. The highest BCUT2D eigenvalue weighted by Gasteiger charge is 2.46. The molecule has 0 N–H and O–H groups in total. The summed E-state index contributed by atoms with van der Waals surface area (Å²) in [5.41, 5.74) is 0.542. The van der Waals surface area contributed by atoms with Gasteiger partial charge in [-0.3, -0.25) is 9.59 Å². The summed E-state index contributed by atoms with van der Waals surface area (Å²) in [6.07, 6.45) is 0.880. The highest BCUT2D eigenvalue weighted by atomic mass is 16.5. The van der Waals surface area contributed by atoms with Gasteiger partial charge in [0.2, 0.25) is 0 Å². The zero-order chi connectivity index (χ0) is 22.4. The maximum atomic E-state index is 13.6. The van der Waals surface area contributed by atoms with Crippen molar-refractivity contribution in [2.75, 3.05) is 14.2 Å². The number of carbonyl (C=O) groups is 4. The summed E-state index contributed by atoms with van der Waals surface area (Å²) < 4.78 is 9.86. The van der Waals surface area contributed by atoms with Gasteiger partial charge in [0.1, 0.15) is 0 Å². The number of benzene rings is 2. The SMILES string of the molecule is COC(=O)[C@@H]1CCC[C@@H](C(=O)OC)N(C(=O)c2ccccc2)N1C(=O)c1ccccc1. The summed E-state index contributed by atoms with van der Waals surface area (Å²) in [5, 5.41) is 2.12. The Morgan fingerprint density at radius 2 is 1.03 bits per heavy atom. The van der Waals surface area contributed by atoms with Crippen molar-refractivity contribution >= 4 is 23.8 Å². The highest BCUT2D eigenvalue weighted by Crippen LogP contribution is 2.28. The first-order chi connectivity index (χ1) is 15.0. The Morgan fingerprint density at radius 3 is 1.35 bits per heavy atom. The topological polar surface area (TPSA) is 93.2 Å². The Hall–Kier alpha value is -3.68. The van der Waals surface area contributed by atoms with Crippen molar-refractivity contribution in [1.29, 1.82) is 0 Å². The fraction of sp³-hybridized carbons (Fsp3) is 0.304. The summed E-state index contributed by atoms with van der Waals surface area (Å²) in [4.78, 5) is 52.4. The van der Waals surface area contributed by atoms with Gasteiger partial charge in [0.15, 0.2) is 12.1 Å². The van der Waals surface area contributed by atoms with E-state index in [1.807, 2.05) is 0 Å². The molecule has 0 aromatic heterocycles. The van der Waals surface area contributed by atoms with E-state index >= 15 is 0 Å². The number of hydrogen-bond donors (Lipinski definition) is 0. The Morgan fingerprint density at radius 1 is 0.677 bits per heavy atom. The van der Waals surface area contributed by atoms with Crippen LogP contribution in [0.1, 0.15) is 40.0 Å². The van der Waals surface area contributed by atoms with Gasteiger partial charge in [0.25, 0.3) is 11.8 Å². The largest absolute Gasteiger partial charge is 0.467 e. The molecule has 1 heterocycles. The van der Waals surface area contributed by atoms with Crippen molar-refractivity contribution in [1.82, 2.24) is 10.0 Å². The lowest BCUT2D eigenvalue weighted by Gasteiger charge is -2.40. The number of carbonyl (C=O) groups excluding carboxylic acids is 4. The molecule has 1 saturated heterocycles. The highest BCUT2D eigenvalue weighted by molar-refractivity contribution is 6.02. The van der Waals surface area contributed by atoms with Gasteiger partial charge in [-0.1, -0.05) is 36.4 Å². The predicted octanol–water partition coefficient (Wildman–Crippen LogP) is 2.45. The van der Waals surface area contributed by atoms with Crippen molar-refractivity contribution in [3.63, 3.8) is 0 Å². The molecule has 0 bridgehead atoms. The summed E-state index contributed by atoms with van der Waals surface area (Å²) in [5.74, 6) is -2.51. The van der Waals surface area contributed by atoms with Gasteiger partial charge < -0.3 is 9.47 Å². The zero-order valence-corrected chi connectivity index (χ0v) is 17.4. The maximum Gasteiger partial charge on any atom is 0.330 e. The molecule has 0 saturated carbocycles. The van der Waals surface area contributed by atoms with E-state index in [1.165, 1.54) is 14.2 Å². The Kier molecular flexibility index (Phi) is 7.02. The molecule has 1 aliphatic heterocycles. The van der Waals surface area contributed by atoms with E-state index in [2.05, 4.69) is 0 Å². The van der Waals surface area contributed by atoms with Crippen LogP contribution < -0.4 is 0 Å². The summed E-state index contributed by atoms with van der Waals surface area (Å²) in [7, 11) is 2.44. The van der Waals surface area contributed by atoms with Gasteiger partial charge in [-0.25, -0.2) is 19.6 Å². The van der Waals surface area contributed by atoms with E-state index in [9.17, 15) is 19.2 Å². The molecule has 162 valence electrons. The summed E-state index contributed by atoms with van der Waals surface area (Å²) >= 11 is 0. The molecule has 1 fully saturated rings. The van der Waals surface area contributed by atoms with Gasteiger partial charge in [0.05, 0.1) is 14.2 Å². The second-order valence-electron chi connectivity index (χ2n) is 7.04. The van der Waals surface area contributed by atoms with E-state index < -0.39 is 35.8 Å². The lowest BCUT2D eigenvalue weighted by atomic mass is 10.1. The lowest BCUT2D eigenvalue weighted by Crippen LogP contribution is -2.61. The van der Waals surface area contributed by atoms with Crippen LogP contribution in [0.5, 0.6) is 0 Å². The minimum atomic E-state index is -1.07. The molecule has 8 nitrogen and oxygen atoms in total. The predicted molar refractivity (Wildman–Crippen MR) is 111 cm³/mol. The summed E-state index contributed by atoms with van der Waals surface area (Å²) in [6.45, 7) is 0. The molecule has 3 rings (SSSR count). The zero-order valence-electron chi connectivity index (χ0n) is 17.4. The molecule has 2 atom stereocenters. The van der Waals surface area contributed by atoms with Gasteiger partial charge in [-0.2, -0.15) is 0 Å². The number of methoxy groups -OCH3 is 2. The van der Waals surface area contributed by atoms with Crippen LogP contribution >= 0.6 is 0 Å². The van der Waals surface area contributed by atoms with Crippen LogP contribution in [0, 0.1) is 0 Å². The smallest absolute Gasteiger partial charge is 0.330 e. The molecule has 2 aromatic rings. The standard InChI is InChI=1S/C23H24N2O6/c1-30-22(28)18-14-9-15-19(23(29)31-2)25(21(27)17-12-7-4-8-13-17)24(18)20(26)16-10-5-3-6-11-16/h3-8,10-13,18-19H,9,14-15H2,1-2H3/t18-,19-/m0/s1. The van der Waals surface area contributed by atoms with E-state index in [4.69, 9.17) is 9.47 Å². The summed E-state index contributed by atoms with van der Waals surface area (Å²) in [6, 6.07) is 14.4. The first kappa shape index (κ1) is 22.0. The van der Waals surface area contributed by atoms with Crippen molar-refractivity contribution in [3.05, 3.63) is 71.8 Å². The molecule has 0 aliphatic carbocycles. The van der Waals surface area contributed by atoms with Crippen LogP contribution in [0.25, 0.3) is 0 Å². The van der Waals surface area contributed by atoms with Crippen molar-refractivity contribution in [2.24, 2.45) is 0 Å². The molecule has 2 amide bonds. The molecule has 0 unspecified atom stereocenters. The molecule has 1 aliphatic rings. The first-order valence-corrected chi connectivity index (χ1v) is 9.92. The van der Waals surface area contributed by atoms with E-state index in [1.54, 1.807) is 60.7 Å². The van der Waals surface area contributed by atoms with Crippen LogP contribution in [0.15, 0.2) is 60.7 Å². The number of hydrazine groups is 1. The average Bonchev–Trinajstić information content (AvgIpc) is 3.03. The third-order valence-corrected chi connectivity index (χ3v) is 5.18. The normalized spacial score (nSPS) is 18.6. The molecule has 0 radical (unpaired) electrons. The van der Waals surface area contributed by atoms with E-state index in [0.29, 0.717) is 6.42 Å². The van der Waals surface area contributed by atoms with Gasteiger partial charge in [0, 0.05) is 11.1 Å². The molecule has 0 spiro atoms. The monoisotopic (exact) mass is 424 g/mol. The fourth-order valence-corrected chi connectivity index (χ4v) is 3.66. The number of hydrogen-bond acceptors (Lipinski definition) is 6. The second kappa shape index (κ2) is 9.88. The van der Waals surface area contributed by atoms with Crippen LogP contribution in [0.4, 0.5) is 0 Å². The Bertz CT molecular complexity index is 870. The van der Waals surface area contributed by atoms with Crippen LogP contribution in [-0.2, 0) is 19.1 Å². The number of amides is 2. The van der Waals surface area contributed by atoms with Crippen molar-refractivity contribution in [2.45, 2.75) is 31.3 Å². The van der Waals surface area contributed by atoms with E-state index in [0.717, 1.165) is 10.0 Å². The molecular weight excluding hydrogens is 400 g/mol. The quantitative estimate of drug-likeness (QED) is 0.700. The van der Waals surface area contributed by atoms with Crippen molar-refractivity contribution in [3.8, 4) is 0 Å². The van der Waals surface area contributed by atoms with E-state index in [-0.39, 0.29) is 24.0 Å². The minimum absolute atomic E-state index is 0.233. The number of rotatable bonds is 4. The van der Waals surface area contributed by atoms with Gasteiger partial charge in [-0.15, -0.1) is 0 Å².